The Bertz CT molecular complexity index is 494. The van der Waals surface area contributed by atoms with Gasteiger partial charge in [-0.1, -0.05) is 13.8 Å². The molecule has 2 heterocycles. The molecule has 112 valence electrons. The topological polar surface area (TPSA) is 58.4 Å². The maximum Gasteiger partial charge on any atom is 0.254 e. The van der Waals surface area contributed by atoms with E-state index in [4.69, 9.17) is 5.73 Å². The molecule has 1 aromatic rings. The number of fused-ring (bicyclic) bond motifs is 1. The van der Waals surface area contributed by atoms with Crippen molar-refractivity contribution in [1.29, 1.82) is 0 Å². The van der Waals surface area contributed by atoms with Crippen LogP contribution < -0.4 is 11.1 Å². The number of rotatable bonds is 4. The molecule has 0 radical (unpaired) electrons. The van der Waals surface area contributed by atoms with Gasteiger partial charge in [0.05, 0.1) is 10.6 Å². The number of nitrogens with one attached hydrogen (secondary N) is 1. The first-order valence-corrected chi connectivity index (χ1v) is 8.13. The molecule has 0 aliphatic carbocycles. The summed E-state index contributed by atoms with van der Waals surface area (Å²) in [6.07, 6.45) is 0.927. The molecule has 0 atom stereocenters. The van der Waals surface area contributed by atoms with Crippen LogP contribution in [-0.4, -0.2) is 29.9 Å². The SMILES string of the molecule is CC(C)CN1CCc2c(sc(N)c2C(=O)NC(C)C)C1. The number of amides is 1. The van der Waals surface area contributed by atoms with Gasteiger partial charge in [0.2, 0.25) is 0 Å². The van der Waals surface area contributed by atoms with Gasteiger partial charge in [0.25, 0.3) is 5.91 Å². The number of hydrogen-bond donors (Lipinski definition) is 2. The number of carbonyl (C=O) groups excluding carboxylic acids is 1. The molecule has 1 aliphatic rings. The number of carbonyl (C=O) groups is 1. The highest BCUT2D eigenvalue weighted by Crippen LogP contribution is 2.35. The zero-order chi connectivity index (χ0) is 14.9. The molecule has 20 heavy (non-hydrogen) atoms. The van der Waals surface area contributed by atoms with E-state index in [-0.39, 0.29) is 11.9 Å². The molecular weight excluding hydrogens is 270 g/mol. The quantitative estimate of drug-likeness (QED) is 0.897. The van der Waals surface area contributed by atoms with Crippen LogP contribution in [0, 0.1) is 5.92 Å². The van der Waals surface area contributed by atoms with E-state index in [9.17, 15) is 4.79 Å². The second-order valence-electron chi connectivity index (χ2n) is 6.25. The van der Waals surface area contributed by atoms with E-state index in [0.717, 1.165) is 31.6 Å². The molecule has 0 spiro atoms. The first-order valence-electron chi connectivity index (χ1n) is 7.31. The van der Waals surface area contributed by atoms with Crippen molar-refractivity contribution < 1.29 is 4.79 Å². The van der Waals surface area contributed by atoms with Crippen LogP contribution in [0.4, 0.5) is 5.00 Å². The molecule has 0 fully saturated rings. The van der Waals surface area contributed by atoms with Crippen LogP contribution in [0.3, 0.4) is 0 Å². The fourth-order valence-electron chi connectivity index (χ4n) is 2.73. The van der Waals surface area contributed by atoms with E-state index in [1.165, 1.54) is 10.4 Å². The van der Waals surface area contributed by atoms with Crippen LogP contribution >= 0.6 is 11.3 Å². The summed E-state index contributed by atoms with van der Waals surface area (Å²) in [6.45, 7) is 11.5. The zero-order valence-electron chi connectivity index (χ0n) is 12.8. The van der Waals surface area contributed by atoms with Gasteiger partial charge in [-0.2, -0.15) is 0 Å². The zero-order valence-corrected chi connectivity index (χ0v) is 13.6. The van der Waals surface area contributed by atoms with Gasteiger partial charge < -0.3 is 11.1 Å². The van der Waals surface area contributed by atoms with Gasteiger partial charge in [0.1, 0.15) is 0 Å². The highest BCUT2D eigenvalue weighted by atomic mass is 32.1. The van der Waals surface area contributed by atoms with E-state index < -0.39 is 0 Å². The highest BCUT2D eigenvalue weighted by Gasteiger charge is 2.27. The number of nitrogens with zero attached hydrogens (tertiary/aromatic N) is 1. The van der Waals surface area contributed by atoms with Gasteiger partial charge in [0, 0.05) is 30.6 Å². The molecule has 5 heteroatoms. The molecule has 0 saturated carbocycles. The van der Waals surface area contributed by atoms with Crippen LogP contribution in [0.25, 0.3) is 0 Å². The lowest BCUT2D eigenvalue weighted by Crippen LogP contribution is -2.35. The summed E-state index contributed by atoms with van der Waals surface area (Å²) in [6, 6.07) is 0.137. The summed E-state index contributed by atoms with van der Waals surface area (Å²) in [7, 11) is 0. The fraction of sp³-hybridized carbons (Fsp3) is 0.667. The van der Waals surface area contributed by atoms with Crippen molar-refractivity contribution in [2.45, 2.75) is 46.7 Å². The minimum absolute atomic E-state index is 0.0210. The van der Waals surface area contributed by atoms with E-state index in [1.54, 1.807) is 11.3 Å². The fourth-order valence-corrected chi connectivity index (χ4v) is 3.89. The normalized spacial score (nSPS) is 15.7. The van der Waals surface area contributed by atoms with Crippen LogP contribution in [-0.2, 0) is 13.0 Å². The Morgan fingerprint density at radius 2 is 2.10 bits per heavy atom. The van der Waals surface area contributed by atoms with Crippen LogP contribution in [0.5, 0.6) is 0 Å². The molecule has 1 amide bonds. The van der Waals surface area contributed by atoms with Crippen LogP contribution in [0.2, 0.25) is 0 Å². The molecular formula is C15H25N3OS. The number of hydrogen-bond acceptors (Lipinski definition) is 4. The minimum atomic E-state index is -0.0210. The summed E-state index contributed by atoms with van der Waals surface area (Å²) in [5.41, 5.74) is 7.98. The van der Waals surface area contributed by atoms with E-state index in [1.807, 2.05) is 13.8 Å². The summed E-state index contributed by atoms with van der Waals surface area (Å²) in [4.78, 5) is 16.0. The van der Waals surface area contributed by atoms with Crippen molar-refractivity contribution in [2.75, 3.05) is 18.8 Å². The molecule has 1 aliphatic heterocycles. The lowest BCUT2D eigenvalue weighted by Gasteiger charge is -2.28. The second-order valence-corrected chi connectivity index (χ2v) is 7.39. The number of nitrogen functional groups attached to an aromatic ring is 1. The summed E-state index contributed by atoms with van der Waals surface area (Å²) >= 11 is 1.58. The van der Waals surface area contributed by atoms with Gasteiger partial charge in [0.15, 0.2) is 0 Å². The Labute approximate surface area is 125 Å². The maximum atomic E-state index is 12.3. The number of thiophene rings is 1. The minimum Gasteiger partial charge on any atom is -0.390 e. The Balaban J connectivity index is 2.19. The Kier molecular flexibility index (Phi) is 4.70. The number of anilines is 1. The Morgan fingerprint density at radius 1 is 1.40 bits per heavy atom. The predicted octanol–water partition coefficient (Wildman–Crippen LogP) is 2.48. The average Bonchev–Trinajstić information content (AvgIpc) is 2.62. The molecule has 4 nitrogen and oxygen atoms in total. The first kappa shape index (κ1) is 15.3. The lowest BCUT2D eigenvalue weighted by atomic mass is 10.0. The van der Waals surface area contributed by atoms with Gasteiger partial charge in [-0.3, -0.25) is 9.69 Å². The van der Waals surface area contributed by atoms with Gasteiger partial charge in [-0.25, -0.2) is 0 Å². The first-order chi connectivity index (χ1) is 9.38. The van der Waals surface area contributed by atoms with Crippen molar-refractivity contribution >= 4 is 22.2 Å². The van der Waals surface area contributed by atoms with Gasteiger partial charge in [-0.15, -0.1) is 11.3 Å². The predicted molar refractivity (Wildman–Crippen MR) is 85.2 cm³/mol. The summed E-state index contributed by atoms with van der Waals surface area (Å²) < 4.78 is 0. The third-order valence-corrected chi connectivity index (χ3v) is 4.48. The molecule has 1 aromatic heterocycles. The molecule has 0 aromatic carbocycles. The smallest absolute Gasteiger partial charge is 0.254 e. The van der Waals surface area contributed by atoms with Crippen LogP contribution in [0.15, 0.2) is 0 Å². The second kappa shape index (κ2) is 6.14. The van der Waals surface area contributed by atoms with E-state index >= 15 is 0 Å². The Hall–Kier alpha value is -1.07. The molecule has 0 saturated heterocycles. The average molecular weight is 295 g/mol. The van der Waals surface area contributed by atoms with Crippen LogP contribution in [0.1, 0.15) is 48.5 Å². The third-order valence-electron chi connectivity index (χ3n) is 3.43. The standard InChI is InChI=1S/C15H25N3OS/c1-9(2)7-18-6-5-11-12(8-18)20-14(16)13(11)15(19)17-10(3)4/h9-10H,5-8,16H2,1-4H3,(H,17,19). The monoisotopic (exact) mass is 295 g/mol. The van der Waals surface area contributed by atoms with Crippen molar-refractivity contribution in [3.8, 4) is 0 Å². The largest absolute Gasteiger partial charge is 0.390 e. The van der Waals surface area contributed by atoms with E-state index in [0.29, 0.717) is 10.9 Å². The van der Waals surface area contributed by atoms with Gasteiger partial charge >= 0.3 is 0 Å². The molecule has 0 bridgehead atoms. The maximum absolute atomic E-state index is 12.3. The summed E-state index contributed by atoms with van der Waals surface area (Å²) in [5.74, 6) is 0.643. The summed E-state index contributed by atoms with van der Waals surface area (Å²) in [5, 5.41) is 3.62. The van der Waals surface area contributed by atoms with Gasteiger partial charge in [-0.05, 0) is 31.7 Å². The van der Waals surface area contributed by atoms with Crippen molar-refractivity contribution in [1.82, 2.24) is 10.2 Å². The Morgan fingerprint density at radius 3 is 2.70 bits per heavy atom. The molecule has 0 unspecified atom stereocenters. The van der Waals surface area contributed by atoms with Crippen molar-refractivity contribution in [3.05, 3.63) is 16.0 Å². The number of nitrogens with two attached hydrogens (primary N) is 1. The lowest BCUT2D eigenvalue weighted by molar-refractivity contribution is 0.0942. The highest BCUT2D eigenvalue weighted by molar-refractivity contribution is 7.16. The molecule has 3 N–H and O–H groups in total. The van der Waals surface area contributed by atoms with E-state index in [2.05, 4.69) is 24.1 Å². The van der Waals surface area contributed by atoms with Crippen molar-refractivity contribution in [3.63, 3.8) is 0 Å². The van der Waals surface area contributed by atoms with Crippen molar-refractivity contribution in [2.24, 2.45) is 5.92 Å². The molecule has 2 rings (SSSR count). The third kappa shape index (κ3) is 3.33.